The van der Waals surface area contributed by atoms with Gasteiger partial charge in [0.1, 0.15) is 5.82 Å². The van der Waals surface area contributed by atoms with Gasteiger partial charge in [-0.05, 0) is 35.0 Å². The highest BCUT2D eigenvalue weighted by Gasteiger charge is 2.05. The van der Waals surface area contributed by atoms with E-state index in [-0.39, 0.29) is 0 Å². The monoisotopic (exact) mass is 363 g/mol. The molecule has 0 fully saturated rings. The van der Waals surface area contributed by atoms with Gasteiger partial charge < -0.3 is 10.1 Å². The van der Waals surface area contributed by atoms with E-state index in [1.165, 1.54) is 22.3 Å². The van der Waals surface area contributed by atoms with Crippen molar-refractivity contribution in [1.29, 1.82) is 0 Å². The molecule has 0 atom stereocenters. The number of nitrogens with zero attached hydrogens (tertiary/aromatic N) is 2. The number of ether oxygens (including phenoxy) is 1. The predicted octanol–water partition coefficient (Wildman–Crippen LogP) is 4.39. The zero-order valence-corrected chi connectivity index (χ0v) is 13.9. The maximum atomic E-state index is 5.03. The fourth-order valence-corrected chi connectivity index (χ4v) is 3.03. The van der Waals surface area contributed by atoms with Crippen molar-refractivity contribution in [3.63, 3.8) is 0 Å². The van der Waals surface area contributed by atoms with E-state index in [1.54, 1.807) is 7.11 Å². The first-order valence-corrected chi connectivity index (χ1v) is 8.09. The van der Waals surface area contributed by atoms with E-state index in [0.717, 1.165) is 27.5 Å². The van der Waals surface area contributed by atoms with Crippen molar-refractivity contribution in [3.8, 4) is 0 Å². The number of aromatic nitrogens is 2. The lowest BCUT2D eigenvalue weighted by atomic mass is 10.1. The number of methoxy groups -OCH3 is 1. The van der Waals surface area contributed by atoms with Crippen LogP contribution in [0.3, 0.4) is 0 Å². The molecule has 1 N–H and O–H groups in total. The van der Waals surface area contributed by atoms with Crippen molar-refractivity contribution in [3.05, 3.63) is 46.7 Å². The lowest BCUT2D eigenvalue weighted by Gasteiger charge is -2.04. The molecule has 0 aliphatic heterocycles. The summed E-state index contributed by atoms with van der Waals surface area (Å²) >= 11 is 4.85. The fourth-order valence-electron chi connectivity index (χ4n) is 2.02. The van der Waals surface area contributed by atoms with Crippen LogP contribution >= 0.6 is 27.5 Å². The molecule has 0 amide bonds. The minimum atomic E-state index is 0.640. The van der Waals surface area contributed by atoms with Gasteiger partial charge in [0, 0.05) is 35.2 Å². The van der Waals surface area contributed by atoms with Gasteiger partial charge in [0.15, 0.2) is 0 Å². The number of hydrogen-bond acceptors (Lipinski definition) is 5. The third-order valence-corrected chi connectivity index (χ3v) is 4.21. The maximum absolute atomic E-state index is 5.03. The third kappa shape index (κ3) is 3.58. The molecule has 1 heterocycles. The van der Waals surface area contributed by atoms with Crippen LogP contribution in [0.4, 0.5) is 10.8 Å². The van der Waals surface area contributed by atoms with Gasteiger partial charge in [-0.15, -0.1) is 0 Å². The summed E-state index contributed by atoms with van der Waals surface area (Å²) in [5.41, 5.74) is 1.01. The van der Waals surface area contributed by atoms with Gasteiger partial charge in [-0.2, -0.15) is 4.37 Å². The number of anilines is 2. The van der Waals surface area contributed by atoms with Crippen LogP contribution in [0, 0.1) is 0 Å². The second-order valence-corrected chi connectivity index (χ2v) is 6.26. The van der Waals surface area contributed by atoms with Gasteiger partial charge in [0.2, 0.25) is 5.13 Å². The Labute approximate surface area is 135 Å². The summed E-state index contributed by atoms with van der Waals surface area (Å²) in [5.74, 6) is 0.814. The molecule has 2 aromatic carbocycles. The molecular formula is C15H14BrN3OS. The van der Waals surface area contributed by atoms with E-state index in [0.29, 0.717) is 6.61 Å². The molecule has 3 aromatic rings. The molecule has 3 rings (SSSR count). The van der Waals surface area contributed by atoms with Gasteiger partial charge in [-0.3, -0.25) is 0 Å². The largest absolute Gasteiger partial charge is 0.384 e. The average molecular weight is 364 g/mol. The van der Waals surface area contributed by atoms with E-state index < -0.39 is 0 Å². The topological polar surface area (TPSA) is 47.0 Å². The van der Waals surface area contributed by atoms with Gasteiger partial charge in [0.05, 0.1) is 6.61 Å². The first-order chi connectivity index (χ1) is 10.2. The SMILES string of the molecule is COCCc1nsc(Nc2ccc3cc(Br)ccc3c2)n1. The maximum Gasteiger partial charge on any atom is 0.207 e. The van der Waals surface area contributed by atoms with Crippen LogP contribution in [0.15, 0.2) is 40.9 Å². The van der Waals surface area contributed by atoms with Crippen LogP contribution in [-0.2, 0) is 11.2 Å². The van der Waals surface area contributed by atoms with Crippen LogP contribution in [0.2, 0.25) is 0 Å². The lowest BCUT2D eigenvalue weighted by molar-refractivity contribution is 0.201. The van der Waals surface area contributed by atoms with Gasteiger partial charge in [-0.25, -0.2) is 4.98 Å². The highest BCUT2D eigenvalue weighted by Crippen LogP contribution is 2.25. The van der Waals surface area contributed by atoms with Gasteiger partial charge in [-0.1, -0.05) is 28.1 Å². The number of fused-ring (bicyclic) bond motifs is 1. The zero-order chi connectivity index (χ0) is 14.7. The number of halogens is 1. The molecule has 21 heavy (non-hydrogen) atoms. The third-order valence-electron chi connectivity index (χ3n) is 3.05. The molecule has 6 heteroatoms. The second-order valence-electron chi connectivity index (χ2n) is 4.59. The van der Waals surface area contributed by atoms with Crippen molar-refractivity contribution >= 4 is 49.1 Å². The molecule has 108 valence electrons. The van der Waals surface area contributed by atoms with Crippen molar-refractivity contribution in [2.45, 2.75) is 6.42 Å². The molecule has 0 radical (unpaired) electrons. The molecule has 0 unspecified atom stereocenters. The lowest BCUT2D eigenvalue weighted by Crippen LogP contribution is -1.96. The number of nitrogens with one attached hydrogen (secondary N) is 1. The highest BCUT2D eigenvalue weighted by atomic mass is 79.9. The van der Waals surface area contributed by atoms with Crippen LogP contribution in [0.5, 0.6) is 0 Å². The van der Waals surface area contributed by atoms with Crippen LogP contribution in [0.25, 0.3) is 10.8 Å². The van der Waals surface area contributed by atoms with E-state index in [1.807, 2.05) is 12.1 Å². The molecule has 0 bridgehead atoms. The average Bonchev–Trinajstić information content (AvgIpc) is 2.93. The molecule has 0 aliphatic carbocycles. The number of rotatable bonds is 5. The molecule has 0 saturated carbocycles. The van der Waals surface area contributed by atoms with Crippen molar-refractivity contribution < 1.29 is 4.74 Å². The molecule has 0 saturated heterocycles. The minimum Gasteiger partial charge on any atom is -0.384 e. The van der Waals surface area contributed by atoms with Crippen LogP contribution in [-0.4, -0.2) is 23.1 Å². The Morgan fingerprint density at radius 2 is 2.00 bits per heavy atom. The van der Waals surface area contributed by atoms with Crippen molar-refractivity contribution in [2.24, 2.45) is 0 Å². The summed E-state index contributed by atoms with van der Waals surface area (Å²) in [6.45, 7) is 0.640. The van der Waals surface area contributed by atoms with E-state index >= 15 is 0 Å². The second kappa shape index (κ2) is 6.51. The molecule has 0 aliphatic rings. The first kappa shape index (κ1) is 14.4. The van der Waals surface area contributed by atoms with Gasteiger partial charge >= 0.3 is 0 Å². The summed E-state index contributed by atoms with van der Waals surface area (Å²) in [7, 11) is 1.68. The Morgan fingerprint density at radius 3 is 2.86 bits per heavy atom. The smallest absolute Gasteiger partial charge is 0.207 e. The minimum absolute atomic E-state index is 0.640. The Bertz CT molecular complexity index is 760. The predicted molar refractivity (Wildman–Crippen MR) is 90.4 cm³/mol. The highest BCUT2D eigenvalue weighted by molar-refractivity contribution is 9.10. The van der Waals surface area contributed by atoms with Crippen LogP contribution < -0.4 is 5.32 Å². The van der Waals surface area contributed by atoms with E-state index in [2.05, 4.69) is 54.9 Å². The Balaban J connectivity index is 1.78. The van der Waals surface area contributed by atoms with E-state index in [9.17, 15) is 0 Å². The number of benzene rings is 2. The van der Waals surface area contributed by atoms with E-state index in [4.69, 9.17) is 4.74 Å². The Kier molecular flexibility index (Phi) is 4.48. The van der Waals surface area contributed by atoms with Gasteiger partial charge in [0.25, 0.3) is 0 Å². The summed E-state index contributed by atoms with van der Waals surface area (Å²) in [6, 6.07) is 12.5. The quantitative estimate of drug-likeness (QED) is 0.730. The summed E-state index contributed by atoms with van der Waals surface area (Å²) in [5, 5.41) is 6.49. The first-order valence-electron chi connectivity index (χ1n) is 6.52. The zero-order valence-electron chi connectivity index (χ0n) is 11.5. The Hall–Kier alpha value is -1.50. The van der Waals surface area contributed by atoms with Crippen molar-refractivity contribution in [1.82, 2.24) is 9.36 Å². The molecular weight excluding hydrogens is 350 g/mol. The normalized spacial score (nSPS) is 11.0. The summed E-state index contributed by atoms with van der Waals surface area (Å²) < 4.78 is 10.4. The van der Waals surface area contributed by atoms with Crippen molar-refractivity contribution in [2.75, 3.05) is 19.0 Å². The standard InChI is InChI=1S/C15H14BrN3OS/c1-20-7-6-14-18-15(21-19-14)17-13-5-3-10-8-12(16)4-2-11(10)9-13/h2-5,8-9H,6-7H2,1H3,(H,17,18,19). The molecule has 1 aromatic heterocycles. The molecule has 4 nitrogen and oxygen atoms in total. The summed E-state index contributed by atoms with van der Waals surface area (Å²) in [6.07, 6.45) is 0.737. The fraction of sp³-hybridized carbons (Fsp3) is 0.200. The summed E-state index contributed by atoms with van der Waals surface area (Å²) in [4.78, 5) is 4.45. The number of hydrogen-bond donors (Lipinski definition) is 1. The Morgan fingerprint density at radius 1 is 1.19 bits per heavy atom. The van der Waals surface area contributed by atoms with Crippen LogP contribution in [0.1, 0.15) is 5.82 Å². The molecule has 0 spiro atoms.